The lowest BCUT2D eigenvalue weighted by atomic mass is 9.98. The molecular weight excluding hydrogens is 643 g/mol. The van der Waals surface area contributed by atoms with Crippen LogP contribution in [0.5, 0.6) is 5.75 Å². The quantitative estimate of drug-likeness (QED) is 0.211. The molecule has 0 unspecified atom stereocenters. The molecule has 0 saturated heterocycles. The van der Waals surface area contributed by atoms with Gasteiger partial charge in [-0.15, -0.1) is 10.2 Å². The first kappa shape index (κ1) is 33.8. The zero-order chi connectivity index (χ0) is 34.7. The van der Waals surface area contributed by atoms with Crippen molar-refractivity contribution in [3.05, 3.63) is 77.3 Å². The average molecular weight is 677 g/mol. The van der Waals surface area contributed by atoms with E-state index in [0.29, 0.717) is 16.8 Å². The van der Waals surface area contributed by atoms with E-state index in [0.717, 1.165) is 19.1 Å². The summed E-state index contributed by atoms with van der Waals surface area (Å²) < 4.78 is 45.0. The maximum atomic E-state index is 15.5. The van der Waals surface area contributed by atoms with Crippen LogP contribution in [0, 0.1) is 18.7 Å². The molecule has 48 heavy (non-hydrogen) atoms. The van der Waals surface area contributed by atoms with E-state index in [1.807, 2.05) is 0 Å². The number of nitrogens with zero attached hydrogens (tertiary/aromatic N) is 5. The third-order valence-electron chi connectivity index (χ3n) is 7.62. The van der Waals surface area contributed by atoms with Crippen molar-refractivity contribution in [2.45, 2.75) is 31.2 Å². The molecule has 0 bridgehead atoms. The van der Waals surface area contributed by atoms with Crippen molar-refractivity contribution < 1.29 is 31.9 Å². The molecule has 1 aliphatic carbocycles. The molecule has 3 amide bonds. The number of ether oxygens (including phenoxy) is 1. The molecule has 3 heterocycles. The highest BCUT2D eigenvalue weighted by Crippen LogP contribution is 2.42. The van der Waals surface area contributed by atoms with Crippen molar-refractivity contribution in [1.29, 1.82) is 0 Å². The molecular formula is C32H33FN8O6S. The number of nitrogens with one attached hydrogen (secondary N) is 3. The zero-order valence-corrected chi connectivity index (χ0v) is 27.6. The first-order chi connectivity index (χ1) is 22.8. The fourth-order valence-electron chi connectivity index (χ4n) is 4.88. The van der Waals surface area contributed by atoms with Gasteiger partial charge in [-0.05, 0) is 43.5 Å². The Labute approximate surface area is 276 Å². The molecule has 14 nitrogen and oxygen atoms in total. The Hall–Kier alpha value is -5.51. The summed E-state index contributed by atoms with van der Waals surface area (Å²) in [6.45, 7) is 1.60. The van der Waals surface area contributed by atoms with Crippen molar-refractivity contribution in [2.75, 3.05) is 38.1 Å². The second-order valence-electron chi connectivity index (χ2n) is 11.2. The van der Waals surface area contributed by atoms with Crippen LogP contribution in [0.2, 0.25) is 0 Å². The summed E-state index contributed by atoms with van der Waals surface area (Å²) in [5.74, 6) is -1.58. The van der Waals surface area contributed by atoms with Gasteiger partial charge in [0.1, 0.15) is 11.5 Å². The van der Waals surface area contributed by atoms with E-state index in [2.05, 4.69) is 36.1 Å². The third kappa shape index (κ3) is 7.38. The summed E-state index contributed by atoms with van der Waals surface area (Å²) in [5.41, 5.74) is 1.68. The van der Waals surface area contributed by atoms with Gasteiger partial charge in [0.05, 0.1) is 35.6 Å². The summed E-state index contributed by atoms with van der Waals surface area (Å²) >= 11 is 0. The Morgan fingerprint density at radius 1 is 1.06 bits per heavy atom. The normalized spacial score (nSPS) is 12.6. The van der Waals surface area contributed by atoms with Crippen LogP contribution in [-0.4, -0.2) is 78.7 Å². The number of hydrogen-bond acceptors (Lipinski definition) is 11. The molecule has 1 saturated carbocycles. The molecule has 250 valence electrons. The molecule has 1 fully saturated rings. The minimum absolute atomic E-state index is 0.0331. The van der Waals surface area contributed by atoms with Gasteiger partial charge in [0.2, 0.25) is 5.91 Å². The number of rotatable bonds is 11. The number of methoxy groups -OCH3 is 1. The molecule has 1 aromatic carbocycles. The highest BCUT2D eigenvalue weighted by atomic mass is 32.2. The molecule has 16 heteroatoms. The molecule has 5 rings (SSSR count). The lowest BCUT2D eigenvalue weighted by Gasteiger charge is -2.20. The summed E-state index contributed by atoms with van der Waals surface area (Å²) in [6, 6.07) is 8.51. The second-order valence-corrected chi connectivity index (χ2v) is 13.3. The van der Waals surface area contributed by atoms with Gasteiger partial charge in [0.25, 0.3) is 11.8 Å². The predicted molar refractivity (Wildman–Crippen MR) is 174 cm³/mol. The molecule has 4 aromatic rings. The second kappa shape index (κ2) is 13.7. The van der Waals surface area contributed by atoms with Crippen LogP contribution in [0.25, 0.3) is 11.1 Å². The Balaban J connectivity index is 1.44. The van der Waals surface area contributed by atoms with Crippen LogP contribution in [0.1, 0.15) is 45.1 Å². The fourth-order valence-corrected chi connectivity index (χ4v) is 5.54. The van der Waals surface area contributed by atoms with Crippen molar-refractivity contribution >= 4 is 44.8 Å². The van der Waals surface area contributed by atoms with Crippen molar-refractivity contribution in [1.82, 2.24) is 30.4 Å². The van der Waals surface area contributed by atoms with Gasteiger partial charge in [0, 0.05) is 61.9 Å². The number of carbonyl (C=O) groups is 3. The van der Waals surface area contributed by atoms with E-state index in [4.69, 9.17) is 4.74 Å². The van der Waals surface area contributed by atoms with Crippen LogP contribution in [-0.2, 0) is 21.2 Å². The highest BCUT2D eigenvalue weighted by molar-refractivity contribution is 7.90. The first-order valence-corrected chi connectivity index (χ1v) is 16.6. The summed E-state index contributed by atoms with van der Waals surface area (Å²) in [6.07, 6.45) is 5.43. The number of halogens is 1. The van der Waals surface area contributed by atoms with Crippen LogP contribution < -0.4 is 20.7 Å². The van der Waals surface area contributed by atoms with Gasteiger partial charge in [-0.2, -0.15) is 0 Å². The van der Waals surface area contributed by atoms with Crippen molar-refractivity contribution in [2.24, 2.45) is 5.92 Å². The maximum Gasteiger partial charge on any atom is 0.273 e. The highest BCUT2D eigenvalue weighted by Gasteiger charge is 2.30. The summed E-state index contributed by atoms with van der Waals surface area (Å²) in [7, 11) is 0.914. The molecule has 1 aliphatic rings. The van der Waals surface area contributed by atoms with Gasteiger partial charge in [0.15, 0.2) is 27.1 Å². The smallest absolute Gasteiger partial charge is 0.273 e. The number of anilines is 3. The van der Waals surface area contributed by atoms with Crippen molar-refractivity contribution in [3.8, 4) is 16.9 Å². The average Bonchev–Trinajstić information content (AvgIpc) is 3.92. The summed E-state index contributed by atoms with van der Waals surface area (Å²) in [5, 5.41) is 16.1. The fraction of sp³-hybridized carbons (Fsp3) is 0.281. The van der Waals surface area contributed by atoms with Gasteiger partial charge < -0.3 is 25.6 Å². The topological polar surface area (TPSA) is 185 Å². The monoisotopic (exact) mass is 676 g/mol. The SMILES string of the molecule is CNC(=O)c1nnc(NC(=O)C2CC2)cc1Nc1cc(F)c(C)c(-c2ccc(C(=O)N(C)Cc3cc(S(C)(=O)=O)ccn3)nc2)c1OC. The van der Waals surface area contributed by atoms with Gasteiger partial charge in [-0.3, -0.25) is 24.4 Å². The lowest BCUT2D eigenvalue weighted by molar-refractivity contribution is -0.117. The molecule has 0 atom stereocenters. The number of benzene rings is 1. The third-order valence-corrected chi connectivity index (χ3v) is 8.73. The number of hydrogen-bond donors (Lipinski definition) is 3. The van der Waals surface area contributed by atoms with Crippen LogP contribution in [0.15, 0.2) is 53.7 Å². The van der Waals surface area contributed by atoms with E-state index in [9.17, 15) is 22.8 Å². The van der Waals surface area contributed by atoms with Gasteiger partial charge in [-0.1, -0.05) is 6.07 Å². The van der Waals surface area contributed by atoms with E-state index < -0.39 is 27.5 Å². The van der Waals surface area contributed by atoms with E-state index >= 15 is 4.39 Å². The van der Waals surface area contributed by atoms with E-state index in [1.54, 1.807) is 13.0 Å². The molecule has 0 spiro atoms. The molecule has 3 N–H and O–H groups in total. The number of aromatic nitrogens is 4. The number of pyridine rings is 2. The predicted octanol–water partition coefficient (Wildman–Crippen LogP) is 3.52. The Morgan fingerprint density at radius 2 is 1.81 bits per heavy atom. The van der Waals surface area contributed by atoms with Crippen molar-refractivity contribution in [3.63, 3.8) is 0 Å². The Morgan fingerprint density at radius 3 is 2.44 bits per heavy atom. The standard InChI is InChI=1S/C32H33FN8O6S/c1-17-22(33)13-25(37-24-14-26(38-30(42)18-6-7-18)39-40-28(24)31(43)34-2)29(47-4)27(17)19-8-9-23(36-15-19)32(44)41(3)16-20-12-21(10-11-35-20)48(5,45)46/h8-15,18H,6-7,16H2,1-5H3,(H,34,43)(H2,37,38,39,42). The molecule has 0 radical (unpaired) electrons. The first-order valence-electron chi connectivity index (χ1n) is 14.7. The zero-order valence-electron chi connectivity index (χ0n) is 26.8. The maximum absolute atomic E-state index is 15.5. The van der Waals surface area contributed by atoms with Crippen LogP contribution in [0.3, 0.4) is 0 Å². The van der Waals surface area contributed by atoms with E-state index in [-0.39, 0.29) is 63.2 Å². The Kier molecular flexibility index (Phi) is 9.65. The lowest BCUT2D eigenvalue weighted by Crippen LogP contribution is -2.27. The largest absolute Gasteiger partial charge is 0.494 e. The number of carbonyl (C=O) groups excluding carboxylic acids is 3. The molecule has 0 aliphatic heterocycles. The van der Waals surface area contributed by atoms with Crippen LogP contribution in [0.4, 0.5) is 21.6 Å². The minimum atomic E-state index is -3.45. The molecule has 3 aromatic heterocycles. The number of amides is 3. The summed E-state index contributed by atoms with van der Waals surface area (Å²) in [4.78, 5) is 48.1. The van der Waals surface area contributed by atoms with Gasteiger partial charge >= 0.3 is 0 Å². The van der Waals surface area contributed by atoms with Gasteiger partial charge in [-0.25, -0.2) is 12.8 Å². The van der Waals surface area contributed by atoms with E-state index in [1.165, 1.54) is 68.8 Å². The number of sulfone groups is 1. The Bertz CT molecular complexity index is 2020. The minimum Gasteiger partial charge on any atom is -0.494 e. The van der Waals surface area contributed by atoms with Crippen LogP contribution >= 0.6 is 0 Å².